The number of benzene rings is 2. The number of fused-ring (bicyclic) bond motifs is 1. The molecule has 3 rings (SSSR count). The van der Waals surface area contributed by atoms with Crippen molar-refractivity contribution in [2.45, 2.75) is 64.3 Å². The lowest BCUT2D eigenvalue weighted by atomic mass is 10.1. The first-order valence-electron chi connectivity index (χ1n) is 15.9. The number of carbonyl (C=O) groups is 4. The number of aryl methyl sites for hydroxylation is 1. The van der Waals surface area contributed by atoms with Crippen LogP contribution < -0.4 is 49.8 Å². The van der Waals surface area contributed by atoms with Gasteiger partial charge < -0.3 is 53.4 Å². The number of carbonyl (C=O) groups excluding carboxylic acids is 4. The maximum Gasteiger partial charge on any atom is 0.408 e. The van der Waals surface area contributed by atoms with Crippen LogP contribution in [0.3, 0.4) is 0 Å². The predicted molar refractivity (Wildman–Crippen MR) is 189 cm³/mol. The highest BCUT2D eigenvalue weighted by Gasteiger charge is 2.28. The fourth-order valence-corrected chi connectivity index (χ4v) is 4.75. The molecule has 1 heterocycles. The number of alkyl carbamates (subject to hydrolysis) is 1. The summed E-state index contributed by atoms with van der Waals surface area (Å²) < 4.78 is 10.5. The number of nitrogens with one attached hydrogen (secondary N) is 4. The first kappa shape index (κ1) is 38.3. The number of hydrogen-bond acceptors (Lipinski definition) is 9. The van der Waals surface area contributed by atoms with Crippen molar-refractivity contribution in [3.8, 4) is 0 Å². The van der Waals surface area contributed by atoms with Gasteiger partial charge in [0.15, 0.2) is 11.9 Å². The molecule has 12 N–H and O–H groups in total. The van der Waals surface area contributed by atoms with Crippen LogP contribution >= 0.6 is 0 Å². The van der Waals surface area contributed by atoms with Gasteiger partial charge in [-0.2, -0.15) is 0 Å². The topological polar surface area (TPSA) is 285 Å². The van der Waals surface area contributed by atoms with Crippen LogP contribution in [0.5, 0.6) is 0 Å². The summed E-state index contributed by atoms with van der Waals surface area (Å²) in [5.41, 5.74) is 23.2. The summed E-state index contributed by atoms with van der Waals surface area (Å²) in [5, 5.41) is 11.2. The number of guanidine groups is 2. The molecule has 0 spiro atoms. The van der Waals surface area contributed by atoms with Gasteiger partial charge >= 0.3 is 11.7 Å². The largest absolute Gasteiger partial charge is 0.445 e. The van der Waals surface area contributed by atoms with E-state index in [9.17, 15) is 24.0 Å². The van der Waals surface area contributed by atoms with Gasteiger partial charge in [0.2, 0.25) is 17.7 Å². The minimum Gasteiger partial charge on any atom is -0.445 e. The van der Waals surface area contributed by atoms with Crippen molar-refractivity contribution in [3.63, 3.8) is 0 Å². The van der Waals surface area contributed by atoms with E-state index in [-0.39, 0.29) is 50.0 Å². The normalized spacial score (nSPS) is 12.4. The maximum absolute atomic E-state index is 13.6. The second-order valence-corrected chi connectivity index (χ2v) is 11.4. The van der Waals surface area contributed by atoms with Crippen LogP contribution in [0, 0.1) is 6.92 Å². The average Bonchev–Trinajstić information content (AvgIpc) is 3.06. The van der Waals surface area contributed by atoms with Crippen LogP contribution in [-0.2, 0) is 25.7 Å². The Hall–Kier alpha value is -6.13. The van der Waals surface area contributed by atoms with E-state index in [1.54, 1.807) is 43.3 Å². The number of aliphatic imine (C=N–C) groups is 2. The molecule has 268 valence electrons. The van der Waals surface area contributed by atoms with E-state index < -0.39 is 47.6 Å². The lowest BCUT2D eigenvalue weighted by Gasteiger charge is -2.24. The van der Waals surface area contributed by atoms with Crippen molar-refractivity contribution in [1.29, 1.82) is 0 Å². The summed E-state index contributed by atoms with van der Waals surface area (Å²) in [6, 6.07) is 11.9. The molecule has 0 bridgehead atoms. The van der Waals surface area contributed by atoms with E-state index >= 15 is 0 Å². The quantitative estimate of drug-likeness (QED) is 0.0415. The third-order valence-electron chi connectivity index (χ3n) is 7.32. The van der Waals surface area contributed by atoms with Crippen molar-refractivity contribution < 1.29 is 28.3 Å². The molecule has 4 amide bonds. The minimum absolute atomic E-state index is 0.00321. The summed E-state index contributed by atoms with van der Waals surface area (Å²) in [5.74, 6) is -2.20. The van der Waals surface area contributed by atoms with Gasteiger partial charge in [-0.3, -0.25) is 24.4 Å². The molecule has 0 aliphatic heterocycles. The van der Waals surface area contributed by atoms with E-state index in [0.29, 0.717) is 29.5 Å². The molecule has 17 nitrogen and oxygen atoms in total. The van der Waals surface area contributed by atoms with Crippen LogP contribution in [0.25, 0.3) is 11.0 Å². The molecule has 0 unspecified atom stereocenters. The number of anilines is 1. The molecule has 0 aliphatic rings. The molecule has 0 saturated heterocycles. The molecule has 3 aromatic rings. The maximum atomic E-state index is 13.6. The van der Waals surface area contributed by atoms with E-state index in [1.807, 2.05) is 6.07 Å². The van der Waals surface area contributed by atoms with Gasteiger partial charge in [0, 0.05) is 36.3 Å². The summed E-state index contributed by atoms with van der Waals surface area (Å²) in [6.07, 6.45) is -0.0116. The van der Waals surface area contributed by atoms with E-state index in [2.05, 4.69) is 31.3 Å². The highest BCUT2D eigenvalue weighted by molar-refractivity contribution is 6.00. The molecule has 0 fully saturated rings. The Balaban J connectivity index is 1.73. The highest BCUT2D eigenvalue weighted by atomic mass is 16.5. The minimum atomic E-state index is -1.15. The van der Waals surface area contributed by atoms with Gasteiger partial charge in [0.1, 0.15) is 30.3 Å². The van der Waals surface area contributed by atoms with Crippen molar-refractivity contribution in [2.24, 2.45) is 32.9 Å². The highest BCUT2D eigenvalue weighted by Crippen LogP contribution is 2.21. The van der Waals surface area contributed by atoms with Crippen LogP contribution in [0.4, 0.5) is 10.5 Å². The third-order valence-corrected chi connectivity index (χ3v) is 7.32. The van der Waals surface area contributed by atoms with Crippen LogP contribution in [0.15, 0.2) is 73.8 Å². The van der Waals surface area contributed by atoms with Gasteiger partial charge in [-0.25, -0.2) is 9.59 Å². The van der Waals surface area contributed by atoms with Gasteiger partial charge in [-0.05, 0) is 62.8 Å². The number of nitrogens with two attached hydrogens (primary N) is 4. The molecule has 1 aromatic heterocycles. The zero-order valence-electron chi connectivity index (χ0n) is 27.9. The second kappa shape index (κ2) is 19.0. The Morgan fingerprint density at radius 1 is 0.800 bits per heavy atom. The standard InChI is InChI=1S/C33H44N10O7/c1-19-16-27(44)50-26-17-22(12-13-23(19)26)41-29(46)24(10-6-14-38-31(34)35)43-30(47)25(11-7-15-39-32(36)37)42-28(45)20(2)40-33(48)49-18-21-8-4-3-5-9-21/h3-5,8-9,12-13,16-17,20,24-25H,6-7,10-11,14-15,18H2,1-2H3,(H,40,48)(H,41,46)(H,42,45)(H,43,47)(H4,34,35,38)(H4,36,37,39)/t20-,24-,25+/m0/s1. The summed E-state index contributed by atoms with van der Waals surface area (Å²) >= 11 is 0. The number of rotatable bonds is 17. The first-order valence-corrected chi connectivity index (χ1v) is 15.9. The fourth-order valence-electron chi connectivity index (χ4n) is 4.75. The Morgan fingerprint density at radius 3 is 2.02 bits per heavy atom. The zero-order chi connectivity index (χ0) is 36.6. The lowest BCUT2D eigenvalue weighted by molar-refractivity contribution is -0.131. The SMILES string of the molecule is Cc1cc(=O)oc2cc(NC(=O)[C@H](CCCN=C(N)N)NC(=O)[C@@H](CCCN=C(N)N)NC(=O)[C@H](C)NC(=O)OCc3ccccc3)ccc12. The van der Waals surface area contributed by atoms with Crippen molar-refractivity contribution in [1.82, 2.24) is 16.0 Å². The Morgan fingerprint density at radius 2 is 1.40 bits per heavy atom. The molecule has 17 heteroatoms. The number of amides is 4. The molecular formula is C33H44N10O7. The zero-order valence-corrected chi connectivity index (χ0v) is 27.9. The smallest absolute Gasteiger partial charge is 0.408 e. The average molecular weight is 693 g/mol. The van der Waals surface area contributed by atoms with E-state index in [4.69, 9.17) is 32.1 Å². The summed E-state index contributed by atoms with van der Waals surface area (Å²) in [7, 11) is 0. The predicted octanol–water partition coefficient (Wildman–Crippen LogP) is 0.432. The number of hydrogen-bond donors (Lipinski definition) is 8. The Labute approximate surface area is 288 Å². The number of ether oxygens (including phenoxy) is 1. The van der Waals surface area contributed by atoms with Crippen molar-refractivity contribution in [3.05, 3.63) is 76.1 Å². The third kappa shape index (κ3) is 12.8. The molecule has 50 heavy (non-hydrogen) atoms. The van der Waals surface area contributed by atoms with Gasteiger partial charge in [0.25, 0.3) is 0 Å². The van der Waals surface area contributed by atoms with Gasteiger partial charge in [-0.15, -0.1) is 0 Å². The Kier molecular flexibility index (Phi) is 14.6. The lowest BCUT2D eigenvalue weighted by Crippen LogP contribution is -2.55. The molecule has 2 aromatic carbocycles. The molecular weight excluding hydrogens is 648 g/mol. The first-order chi connectivity index (χ1) is 23.8. The van der Waals surface area contributed by atoms with Gasteiger partial charge in [-0.1, -0.05) is 30.3 Å². The van der Waals surface area contributed by atoms with Gasteiger partial charge in [0.05, 0.1) is 0 Å². The monoisotopic (exact) mass is 692 g/mol. The molecule has 0 radical (unpaired) electrons. The number of nitrogens with zero attached hydrogens (tertiary/aromatic N) is 2. The molecule has 0 aliphatic carbocycles. The van der Waals surface area contributed by atoms with Crippen LogP contribution in [-0.4, -0.2) is 66.9 Å². The van der Waals surface area contributed by atoms with E-state index in [1.165, 1.54) is 19.1 Å². The molecule has 0 saturated carbocycles. The van der Waals surface area contributed by atoms with Crippen LogP contribution in [0.2, 0.25) is 0 Å². The summed E-state index contributed by atoms with van der Waals surface area (Å²) in [4.78, 5) is 72.4. The van der Waals surface area contributed by atoms with Crippen LogP contribution in [0.1, 0.15) is 43.7 Å². The van der Waals surface area contributed by atoms with Crippen molar-refractivity contribution in [2.75, 3.05) is 18.4 Å². The molecule has 3 atom stereocenters. The second-order valence-electron chi connectivity index (χ2n) is 11.4. The fraction of sp³-hybridized carbons (Fsp3) is 0.364. The van der Waals surface area contributed by atoms with E-state index in [0.717, 1.165) is 5.56 Å². The Bertz CT molecular complexity index is 1750. The summed E-state index contributed by atoms with van der Waals surface area (Å²) in [6.45, 7) is 3.55. The van der Waals surface area contributed by atoms with Crippen molar-refractivity contribution >= 4 is 52.4 Å².